The van der Waals surface area contributed by atoms with Crippen LogP contribution >= 0.6 is 22.3 Å². The number of anilines is 1. The Balaban J connectivity index is 3.66. The maximum Gasteiger partial charge on any atom is 0.417 e. The van der Waals surface area contributed by atoms with E-state index in [0.717, 1.165) is 0 Å². The van der Waals surface area contributed by atoms with Gasteiger partial charge in [-0.25, -0.2) is 8.42 Å². The summed E-state index contributed by atoms with van der Waals surface area (Å²) in [6, 6.07) is 1.000. The van der Waals surface area contributed by atoms with E-state index in [2.05, 4.69) is 0 Å². The van der Waals surface area contributed by atoms with Crippen molar-refractivity contribution in [2.24, 2.45) is 0 Å². The highest BCUT2D eigenvalue weighted by molar-refractivity contribution is 8.13. The van der Waals surface area contributed by atoms with E-state index < -0.39 is 25.7 Å². The Morgan fingerprint density at radius 3 is 2.12 bits per heavy atom. The Kier molecular flexibility index (Phi) is 3.33. The summed E-state index contributed by atoms with van der Waals surface area (Å²) in [6.07, 6.45) is -4.88. The van der Waals surface area contributed by atoms with Gasteiger partial charge in [0.05, 0.1) is 21.2 Å². The minimum atomic E-state index is -4.88. The van der Waals surface area contributed by atoms with E-state index in [4.69, 9.17) is 28.0 Å². The molecule has 1 rings (SSSR count). The molecule has 0 radical (unpaired) electrons. The smallest absolute Gasteiger partial charge is 0.398 e. The van der Waals surface area contributed by atoms with Gasteiger partial charge in [0.2, 0.25) is 0 Å². The summed E-state index contributed by atoms with van der Waals surface area (Å²) in [5, 5.41) is -0.313. The van der Waals surface area contributed by atoms with Crippen molar-refractivity contribution in [3.05, 3.63) is 22.7 Å². The van der Waals surface area contributed by atoms with Crippen LogP contribution in [0.3, 0.4) is 0 Å². The largest absolute Gasteiger partial charge is 0.417 e. The summed E-state index contributed by atoms with van der Waals surface area (Å²) in [5.74, 6) is 0. The van der Waals surface area contributed by atoms with E-state index in [1.807, 2.05) is 0 Å². The van der Waals surface area contributed by atoms with Crippen molar-refractivity contribution in [2.75, 3.05) is 5.73 Å². The molecule has 16 heavy (non-hydrogen) atoms. The minimum absolute atomic E-state index is 0.313. The number of nitrogens with two attached hydrogens (primary N) is 1. The van der Waals surface area contributed by atoms with E-state index in [-0.39, 0.29) is 10.7 Å². The maximum atomic E-state index is 12.5. The van der Waals surface area contributed by atoms with Crippen molar-refractivity contribution in [3.8, 4) is 0 Å². The van der Waals surface area contributed by atoms with Crippen LogP contribution < -0.4 is 5.73 Å². The molecule has 0 atom stereocenters. The first-order valence-corrected chi connectivity index (χ1v) is 6.33. The van der Waals surface area contributed by atoms with Gasteiger partial charge in [-0.1, -0.05) is 11.6 Å². The molecular weight excluding hydrogens is 290 g/mol. The highest BCUT2D eigenvalue weighted by atomic mass is 35.7. The highest BCUT2D eigenvalue weighted by Gasteiger charge is 2.37. The Bertz CT molecular complexity index is 527. The number of rotatable bonds is 1. The van der Waals surface area contributed by atoms with Crippen LogP contribution in [0.2, 0.25) is 5.02 Å². The number of alkyl halides is 3. The summed E-state index contributed by atoms with van der Waals surface area (Å²) < 4.78 is 59.3. The third-order valence-corrected chi connectivity index (χ3v) is 3.36. The second kappa shape index (κ2) is 3.97. The lowest BCUT2D eigenvalue weighted by Crippen LogP contribution is -2.11. The van der Waals surface area contributed by atoms with Crippen molar-refractivity contribution in [2.45, 2.75) is 11.1 Å². The standard InChI is InChI=1S/C7H4Cl2F3NO2S/c8-4-2-6(16(9,14)15)3(1-5(4)13)7(10,11)12/h1-2H,13H2. The van der Waals surface area contributed by atoms with Crippen LogP contribution in [0.1, 0.15) is 5.56 Å². The van der Waals surface area contributed by atoms with Gasteiger partial charge in [0.1, 0.15) is 0 Å². The Morgan fingerprint density at radius 1 is 1.25 bits per heavy atom. The van der Waals surface area contributed by atoms with Gasteiger partial charge in [0.25, 0.3) is 9.05 Å². The van der Waals surface area contributed by atoms with Crippen LogP contribution in [0.25, 0.3) is 0 Å². The summed E-state index contributed by atoms with van der Waals surface area (Å²) >= 11 is 5.43. The number of hydrogen-bond donors (Lipinski definition) is 1. The zero-order valence-electron chi connectivity index (χ0n) is 7.35. The molecule has 0 saturated heterocycles. The van der Waals surface area contributed by atoms with Gasteiger partial charge < -0.3 is 5.73 Å². The van der Waals surface area contributed by atoms with Crippen molar-refractivity contribution >= 4 is 37.0 Å². The quantitative estimate of drug-likeness (QED) is 0.640. The van der Waals surface area contributed by atoms with Gasteiger partial charge in [-0.15, -0.1) is 0 Å². The van der Waals surface area contributed by atoms with Crippen LogP contribution in [0.5, 0.6) is 0 Å². The van der Waals surface area contributed by atoms with Crippen LogP contribution in [0.15, 0.2) is 17.0 Å². The molecule has 1 aromatic carbocycles. The summed E-state index contributed by atoms with van der Waals surface area (Å²) in [4.78, 5) is -1.11. The van der Waals surface area contributed by atoms with E-state index >= 15 is 0 Å². The molecule has 3 nitrogen and oxygen atoms in total. The fraction of sp³-hybridized carbons (Fsp3) is 0.143. The monoisotopic (exact) mass is 293 g/mol. The second-order valence-electron chi connectivity index (χ2n) is 2.81. The van der Waals surface area contributed by atoms with Crippen molar-refractivity contribution in [1.29, 1.82) is 0 Å². The van der Waals surface area contributed by atoms with Gasteiger partial charge >= 0.3 is 6.18 Å². The molecular formula is C7H4Cl2F3NO2S. The van der Waals surface area contributed by atoms with Crippen LogP contribution in [0, 0.1) is 0 Å². The lowest BCUT2D eigenvalue weighted by Gasteiger charge is -2.12. The van der Waals surface area contributed by atoms with Gasteiger partial charge in [-0.2, -0.15) is 13.2 Å². The first-order valence-electron chi connectivity index (χ1n) is 3.64. The molecule has 0 aliphatic heterocycles. The molecule has 0 heterocycles. The molecule has 0 aliphatic carbocycles. The molecule has 0 saturated carbocycles. The average molecular weight is 294 g/mol. The van der Waals surface area contributed by atoms with Crippen LogP contribution in [-0.2, 0) is 15.2 Å². The first-order chi connectivity index (χ1) is 7.03. The zero-order valence-corrected chi connectivity index (χ0v) is 9.67. The molecule has 0 fully saturated rings. The molecule has 0 amide bonds. The highest BCUT2D eigenvalue weighted by Crippen LogP contribution is 2.38. The van der Waals surface area contributed by atoms with Crippen molar-refractivity contribution < 1.29 is 21.6 Å². The number of hydrogen-bond acceptors (Lipinski definition) is 3. The van der Waals surface area contributed by atoms with Gasteiger partial charge in [0, 0.05) is 10.7 Å². The third-order valence-electron chi connectivity index (χ3n) is 1.67. The lowest BCUT2D eigenvalue weighted by molar-refractivity contribution is -0.139. The molecule has 0 aromatic heterocycles. The minimum Gasteiger partial charge on any atom is -0.398 e. The SMILES string of the molecule is Nc1cc(C(F)(F)F)c(S(=O)(=O)Cl)cc1Cl. The van der Waals surface area contributed by atoms with Crippen LogP contribution in [-0.4, -0.2) is 8.42 Å². The van der Waals surface area contributed by atoms with E-state index in [0.29, 0.717) is 12.1 Å². The number of nitrogen functional groups attached to an aromatic ring is 1. The normalized spacial score (nSPS) is 12.8. The second-order valence-corrected chi connectivity index (χ2v) is 5.75. The third kappa shape index (κ3) is 2.72. The molecule has 90 valence electrons. The fourth-order valence-electron chi connectivity index (χ4n) is 0.995. The van der Waals surface area contributed by atoms with Crippen molar-refractivity contribution in [3.63, 3.8) is 0 Å². The molecule has 0 spiro atoms. The topological polar surface area (TPSA) is 60.2 Å². The predicted molar refractivity (Wildman–Crippen MR) is 53.9 cm³/mol. The van der Waals surface area contributed by atoms with Crippen LogP contribution in [0.4, 0.5) is 18.9 Å². The molecule has 1 aromatic rings. The average Bonchev–Trinajstić information content (AvgIpc) is 2.05. The van der Waals surface area contributed by atoms with Gasteiger partial charge in [0.15, 0.2) is 0 Å². The Morgan fingerprint density at radius 2 is 1.75 bits per heavy atom. The molecule has 2 N–H and O–H groups in total. The van der Waals surface area contributed by atoms with Gasteiger partial charge in [-0.3, -0.25) is 0 Å². The number of benzene rings is 1. The number of halogens is 5. The maximum absolute atomic E-state index is 12.5. The summed E-state index contributed by atoms with van der Waals surface area (Å²) in [7, 11) is 0.323. The molecule has 0 aliphatic rings. The summed E-state index contributed by atoms with van der Waals surface area (Å²) in [5.41, 5.74) is 3.34. The molecule has 0 bridgehead atoms. The predicted octanol–water partition coefficient (Wildman–Crippen LogP) is 2.87. The zero-order chi connectivity index (χ0) is 12.7. The summed E-state index contributed by atoms with van der Waals surface area (Å²) in [6.45, 7) is 0. The lowest BCUT2D eigenvalue weighted by atomic mass is 10.2. The van der Waals surface area contributed by atoms with E-state index in [1.165, 1.54) is 0 Å². The van der Waals surface area contributed by atoms with E-state index in [9.17, 15) is 21.6 Å². The Labute approximate surface area is 98.4 Å². The van der Waals surface area contributed by atoms with E-state index in [1.54, 1.807) is 0 Å². The molecule has 9 heteroatoms. The van der Waals surface area contributed by atoms with Crippen molar-refractivity contribution in [1.82, 2.24) is 0 Å². The van der Waals surface area contributed by atoms with Gasteiger partial charge in [-0.05, 0) is 12.1 Å². The fourth-order valence-corrected chi connectivity index (χ4v) is 2.30. The Hall–Kier alpha value is -0.660. The molecule has 0 unspecified atom stereocenters. The first kappa shape index (κ1) is 13.4.